The van der Waals surface area contributed by atoms with Crippen LogP contribution in [-0.2, 0) is 0 Å². The molecule has 0 radical (unpaired) electrons. The molecule has 2 rings (SSSR count). The van der Waals surface area contributed by atoms with Crippen LogP contribution in [0.2, 0.25) is 0 Å². The van der Waals surface area contributed by atoms with Crippen molar-refractivity contribution in [2.75, 3.05) is 31.6 Å². The molecule has 0 aliphatic carbocycles. The maximum atomic E-state index is 4.61. The minimum absolute atomic E-state index is 0.791. The Bertz CT molecular complexity index is 315. The third-order valence-corrected chi connectivity index (χ3v) is 4.20. The van der Waals surface area contributed by atoms with E-state index in [9.17, 15) is 0 Å². The topological polar surface area (TPSA) is 28.2 Å². The summed E-state index contributed by atoms with van der Waals surface area (Å²) in [7, 11) is 2.03. The summed E-state index contributed by atoms with van der Waals surface area (Å²) in [6.07, 6.45) is 1.29. The van der Waals surface area contributed by atoms with Crippen molar-refractivity contribution >= 4 is 16.5 Å². The molecular formula is C11H19N3S. The number of nitrogens with one attached hydrogen (secondary N) is 1. The lowest BCUT2D eigenvalue weighted by Crippen LogP contribution is -2.24. The van der Waals surface area contributed by atoms with E-state index in [2.05, 4.69) is 29.0 Å². The summed E-state index contributed by atoms with van der Waals surface area (Å²) >= 11 is 1.83. The molecule has 15 heavy (non-hydrogen) atoms. The molecule has 2 heterocycles. The van der Waals surface area contributed by atoms with E-state index in [4.69, 9.17) is 0 Å². The molecule has 0 saturated carbocycles. The summed E-state index contributed by atoms with van der Waals surface area (Å²) in [6, 6.07) is 0. The van der Waals surface area contributed by atoms with Gasteiger partial charge in [-0.2, -0.15) is 0 Å². The number of rotatable bonds is 3. The molecule has 4 heteroatoms. The van der Waals surface area contributed by atoms with Gasteiger partial charge in [-0.25, -0.2) is 4.98 Å². The molecule has 1 aromatic heterocycles. The molecule has 0 spiro atoms. The SMILES string of the molecule is CNCC1CCN(c2nc(C)c(C)s2)C1. The lowest BCUT2D eigenvalue weighted by atomic mass is 10.1. The number of anilines is 1. The highest BCUT2D eigenvalue weighted by molar-refractivity contribution is 7.15. The Morgan fingerprint density at radius 1 is 1.53 bits per heavy atom. The van der Waals surface area contributed by atoms with Crippen molar-refractivity contribution in [2.45, 2.75) is 20.3 Å². The first-order valence-corrected chi connectivity index (χ1v) is 6.36. The van der Waals surface area contributed by atoms with E-state index in [0.29, 0.717) is 0 Å². The van der Waals surface area contributed by atoms with Gasteiger partial charge in [0.05, 0.1) is 5.69 Å². The minimum Gasteiger partial charge on any atom is -0.348 e. The number of hydrogen-bond donors (Lipinski definition) is 1. The Balaban J connectivity index is 2.01. The van der Waals surface area contributed by atoms with Gasteiger partial charge in [0.1, 0.15) is 0 Å². The molecule has 1 atom stereocenters. The summed E-state index contributed by atoms with van der Waals surface area (Å²) in [6.45, 7) is 7.69. The first-order valence-electron chi connectivity index (χ1n) is 5.54. The molecule has 1 saturated heterocycles. The van der Waals surface area contributed by atoms with E-state index in [1.807, 2.05) is 18.4 Å². The number of hydrogen-bond acceptors (Lipinski definition) is 4. The zero-order valence-electron chi connectivity index (χ0n) is 9.71. The standard InChI is InChI=1S/C11H19N3S/c1-8-9(2)15-11(13-8)14-5-4-10(7-14)6-12-3/h10,12H,4-7H2,1-3H3. The molecule has 1 fully saturated rings. The first kappa shape index (κ1) is 10.9. The average Bonchev–Trinajstić information content (AvgIpc) is 2.76. The number of aryl methyl sites for hydroxylation is 2. The smallest absolute Gasteiger partial charge is 0.185 e. The van der Waals surface area contributed by atoms with Gasteiger partial charge in [0.2, 0.25) is 0 Å². The quantitative estimate of drug-likeness (QED) is 0.850. The van der Waals surface area contributed by atoms with E-state index in [0.717, 1.165) is 19.0 Å². The predicted molar refractivity (Wildman–Crippen MR) is 65.8 cm³/mol. The van der Waals surface area contributed by atoms with Gasteiger partial charge >= 0.3 is 0 Å². The van der Waals surface area contributed by atoms with Gasteiger partial charge in [0.15, 0.2) is 5.13 Å². The van der Waals surface area contributed by atoms with Crippen LogP contribution in [0.25, 0.3) is 0 Å². The molecule has 1 unspecified atom stereocenters. The third kappa shape index (κ3) is 2.32. The van der Waals surface area contributed by atoms with Crippen molar-refractivity contribution in [2.24, 2.45) is 5.92 Å². The van der Waals surface area contributed by atoms with Crippen LogP contribution in [0, 0.1) is 19.8 Å². The van der Waals surface area contributed by atoms with Gasteiger partial charge in [-0.15, -0.1) is 11.3 Å². The van der Waals surface area contributed by atoms with Crippen LogP contribution in [0.15, 0.2) is 0 Å². The van der Waals surface area contributed by atoms with E-state index in [1.54, 1.807) is 0 Å². The van der Waals surface area contributed by atoms with Crippen LogP contribution < -0.4 is 10.2 Å². The molecular weight excluding hydrogens is 206 g/mol. The highest BCUT2D eigenvalue weighted by atomic mass is 32.1. The van der Waals surface area contributed by atoms with Crippen LogP contribution in [0.5, 0.6) is 0 Å². The highest BCUT2D eigenvalue weighted by Crippen LogP contribution is 2.29. The fraction of sp³-hybridized carbons (Fsp3) is 0.727. The number of nitrogens with zero attached hydrogens (tertiary/aromatic N) is 2. The van der Waals surface area contributed by atoms with Crippen molar-refractivity contribution in [1.29, 1.82) is 0 Å². The molecule has 0 aromatic carbocycles. The van der Waals surface area contributed by atoms with Crippen molar-refractivity contribution in [3.63, 3.8) is 0 Å². The number of thiazole rings is 1. The monoisotopic (exact) mass is 225 g/mol. The Hall–Kier alpha value is -0.610. The molecule has 1 N–H and O–H groups in total. The van der Waals surface area contributed by atoms with Crippen molar-refractivity contribution in [1.82, 2.24) is 10.3 Å². The van der Waals surface area contributed by atoms with Gasteiger partial charge < -0.3 is 10.2 Å². The summed E-state index contributed by atoms with van der Waals surface area (Å²) < 4.78 is 0. The van der Waals surface area contributed by atoms with E-state index < -0.39 is 0 Å². The van der Waals surface area contributed by atoms with Crippen LogP contribution >= 0.6 is 11.3 Å². The zero-order valence-corrected chi connectivity index (χ0v) is 10.5. The van der Waals surface area contributed by atoms with Gasteiger partial charge in [0, 0.05) is 18.0 Å². The lowest BCUT2D eigenvalue weighted by molar-refractivity contribution is 0.549. The third-order valence-electron chi connectivity index (χ3n) is 3.07. The molecule has 84 valence electrons. The summed E-state index contributed by atoms with van der Waals surface area (Å²) in [5.74, 6) is 0.791. The molecule has 0 amide bonds. The van der Waals surface area contributed by atoms with Crippen LogP contribution in [0.1, 0.15) is 17.0 Å². The van der Waals surface area contributed by atoms with E-state index >= 15 is 0 Å². The van der Waals surface area contributed by atoms with Gasteiger partial charge in [-0.1, -0.05) is 0 Å². The minimum atomic E-state index is 0.791. The van der Waals surface area contributed by atoms with Gasteiger partial charge in [-0.3, -0.25) is 0 Å². The van der Waals surface area contributed by atoms with Crippen LogP contribution in [-0.4, -0.2) is 31.7 Å². The average molecular weight is 225 g/mol. The fourth-order valence-electron chi connectivity index (χ4n) is 2.05. The normalized spacial score (nSPS) is 21.3. The first-order chi connectivity index (χ1) is 7.20. The second-order valence-electron chi connectivity index (χ2n) is 4.30. The molecule has 3 nitrogen and oxygen atoms in total. The van der Waals surface area contributed by atoms with Crippen molar-refractivity contribution < 1.29 is 0 Å². The van der Waals surface area contributed by atoms with Crippen LogP contribution in [0.3, 0.4) is 0 Å². The Morgan fingerprint density at radius 3 is 2.93 bits per heavy atom. The van der Waals surface area contributed by atoms with Crippen LogP contribution in [0.4, 0.5) is 5.13 Å². The number of aromatic nitrogens is 1. The molecule has 1 aliphatic rings. The zero-order chi connectivity index (χ0) is 10.8. The van der Waals surface area contributed by atoms with Gasteiger partial charge in [-0.05, 0) is 39.8 Å². The summed E-state index contributed by atoms with van der Waals surface area (Å²) in [5, 5.41) is 4.47. The molecule has 1 aromatic rings. The summed E-state index contributed by atoms with van der Waals surface area (Å²) in [4.78, 5) is 8.38. The summed E-state index contributed by atoms with van der Waals surface area (Å²) in [5.41, 5.74) is 1.19. The lowest BCUT2D eigenvalue weighted by Gasteiger charge is -2.14. The molecule has 0 bridgehead atoms. The van der Waals surface area contributed by atoms with Gasteiger partial charge in [0.25, 0.3) is 0 Å². The second kappa shape index (κ2) is 4.49. The van der Waals surface area contributed by atoms with Crippen molar-refractivity contribution in [3.8, 4) is 0 Å². The van der Waals surface area contributed by atoms with E-state index in [-0.39, 0.29) is 0 Å². The fourth-order valence-corrected chi connectivity index (χ4v) is 3.00. The van der Waals surface area contributed by atoms with Crippen molar-refractivity contribution in [3.05, 3.63) is 10.6 Å². The second-order valence-corrected chi connectivity index (χ2v) is 5.48. The molecule has 1 aliphatic heterocycles. The largest absolute Gasteiger partial charge is 0.348 e. The Labute approximate surface area is 95.5 Å². The highest BCUT2D eigenvalue weighted by Gasteiger charge is 2.24. The maximum absolute atomic E-state index is 4.61. The Kier molecular flexibility index (Phi) is 3.26. The van der Waals surface area contributed by atoms with E-state index in [1.165, 1.54) is 28.7 Å². The predicted octanol–water partition coefficient (Wildman–Crippen LogP) is 1.81. The Morgan fingerprint density at radius 2 is 2.33 bits per heavy atom. The maximum Gasteiger partial charge on any atom is 0.185 e.